The van der Waals surface area contributed by atoms with Gasteiger partial charge in [-0.3, -0.25) is 4.79 Å². The van der Waals surface area contributed by atoms with E-state index in [1.807, 2.05) is 24.3 Å². The van der Waals surface area contributed by atoms with Gasteiger partial charge in [0, 0.05) is 24.0 Å². The molecule has 0 unspecified atom stereocenters. The molecule has 0 spiro atoms. The van der Waals surface area contributed by atoms with Crippen molar-refractivity contribution in [2.24, 2.45) is 0 Å². The lowest BCUT2D eigenvalue weighted by atomic mass is 10.1. The third-order valence-electron chi connectivity index (χ3n) is 5.20. The highest BCUT2D eigenvalue weighted by Crippen LogP contribution is 2.33. The van der Waals surface area contributed by atoms with Crippen LogP contribution in [0.1, 0.15) is 24.2 Å². The summed E-state index contributed by atoms with van der Waals surface area (Å²) in [4.78, 5) is 14.7. The number of rotatable bonds is 9. The number of ether oxygens (including phenoxy) is 3. The molecule has 1 fully saturated rings. The van der Waals surface area contributed by atoms with Gasteiger partial charge in [0.25, 0.3) is 0 Å². The number of benzene rings is 2. The van der Waals surface area contributed by atoms with Crippen molar-refractivity contribution in [3.63, 3.8) is 0 Å². The number of fused-ring (bicyclic) bond motifs is 1. The second-order valence-corrected chi connectivity index (χ2v) is 7.42. The van der Waals surface area contributed by atoms with Gasteiger partial charge in [-0.2, -0.15) is 8.78 Å². The van der Waals surface area contributed by atoms with Crippen LogP contribution in [0.3, 0.4) is 0 Å². The number of para-hydroxylation sites is 1. The first-order valence-corrected chi connectivity index (χ1v) is 10.2. The number of nitrogens with zero attached hydrogens (tertiary/aromatic N) is 1. The van der Waals surface area contributed by atoms with Crippen LogP contribution in [0.2, 0.25) is 0 Å². The number of methoxy groups -OCH3 is 2. The molecule has 8 heteroatoms. The second kappa shape index (κ2) is 9.30. The lowest BCUT2D eigenvalue weighted by Gasteiger charge is -2.21. The van der Waals surface area contributed by atoms with Crippen LogP contribution >= 0.6 is 0 Å². The van der Waals surface area contributed by atoms with Crippen molar-refractivity contribution in [2.75, 3.05) is 14.2 Å². The molecule has 4 rings (SSSR count). The van der Waals surface area contributed by atoms with E-state index in [-0.39, 0.29) is 23.4 Å². The Morgan fingerprint density at radius 2 is 1.91 bits per heavy atom. The van der Waals surface area contributed by atoms with Gasteiger partial charge in [-0.05, 0) is 48.7 Å². The minimum Gasteiger partial charge on any atom is -0.493 e. The van der Waals surface area contributed by atoms with Crippen LogP contribution < -0.4 is 14.2 Å². The normalized spacial score (nSPS) is 13.7. The minimum atomic E-state index is -2.94. The highest BCUT2D eigenvalue weighted by molar-refractivity contribution is 5.93. The zero-order chi connectivity index (χ0) is 22.7. The molecule has 32 heavy (non-hydrogen) atoms. The first kappa shape index (κ1) is 21.7. The third kappa shape index (κ3) is 4.85. The van der Waals surface area contributed by atoms with Crippen molar-refractivity contribution < 1.29 is 32.2 Å². The molecular weight excluding hydrogens is 420 g/mol. The van der Waals surface area contributed by atoms with Crippen molar-refractivity contribution in [3.05, 3.63) is 59.9 Å². The molecule has 0 N–H and O–H groups in total. The summed E-state index contributed by atoms with van der Waals surface area (Å²) in [5.41, 5.74) is 1.38. The number of halogens is 2. The topological polar surface area (TPSA) is 61.1 Å². The predicted octanol–water partition coefficient (Wildman–Crippen LogP) is 5.26. The molecular formula is C24H23F2NO5. The Hall–Kier alpha value is -3.55. The van der Waals surface area contributed by atoms with Crippen molar-refractivity contribution in [2.45, 2.75) is 32.0 Å². The van der Waals surface area contributed by atoms with Crippen molar-refractivity contribution >= 4 is 23.0 Å². The summed E-state index contributed by atoms with van der Waals surface area (Å²) < 4.78 is 45.8. The summed E-state index contributed by atoms with van der Waals surface area (Å²) in [5, 5.41) is 0.883. The van der Waals surface area contributed by atoms with Gasteiger partial charge in [0.2, 0.25) is 5.91 Å². The Morgan fingerprint density at radius 1 is 1.12 bits per heavy atom. The first-order chi connectivity index (χ1) is 15.5. The van der Waals surface area contributed by atoms with Crippen LogP contribution in [0.15, 0.2) is 53.0 Å². The monoisotopic (exact) mass is 443 g/mol. The summed E-state index contributed by atoms with van der Waals surface area (Å²) in [6.45, 7) is -2.62. The van der Waals surface area contributed by atoms with Crippen LogP contribution in [-0.2, 0) is 11.3 Å². The molecule has 0 atom stereocenters. The molecule has 2 aromatic carbocycles. The minimum absolute atomic E-state index is 0.0456. The molecule has 0 bridgehead atoms. The Bertz CT molecular complexity index is 1140. The number of carbonyl (C=O) groups is 1. The van der Waals surface area contributed by atoms with Crippen LogP contribution in [0.4, 0.5) is 8.78 Å². The van der Waals surface area contributed by atoms with Crippen molar-refractivity contribution in [3.8, 4) is 17.2 Å². The summed E-state index contributed by atoms with van der Waals surface area (Å²) >= 11 is 0. The maximum atomic E-state index is 12.9. The van der Waals surface area contributed by atoms with E-state index in [4.69, 9.17) is 13.9 Å². The molecule has 6 nitrogen and oxygen atoms in total. The molecule has 1 saturated carbocycles. The zero-order valence-electron chi connectivity index (χ0n) is 17.7. The van der Waals surface area contributed by atoms with Crippen LogP contribution in [0, 0.1) is 0 Å². The van der Waals surface area contributed by atoms with Gasteiger partial charge in [-0.15, -0.1) is 0 Å². The SMILES string of the molecule is COc1cc(CN(C(=O)/C=C/c2cc3cccc(OC)c3o2)C2CC2)ccc1OC(F)F. The number of hydrogen-bond acceptors (Lipinski definition) is 5. The van der Waals surface area contributed by atoms with Gasteiger partial charge in [-0.1, -0.05) is 18.2 Å². The average molecular weight is 443 g/mol. The van der Waals surface area contributed by atoms with Gasteiger partial charge in [0.1, 0.15) is 5.76 Å². The fraction of sp³-hybridized carbons (Fsp3) is 0.292. The van der Waals surface area contributed by atoms with Crippen molar-refractivity contribution in [1.29, 1.82) is 0 Å². The maximum Gasteiger partial charge on any atom is 0.387 e. The van der Waals surface area contributed by atoms with E-state index in [0.29, 0.717) is 23.6 Å². The molecule has 168 valence electrons. The molecule has 0 aliphatic heterocycles. The van der Waals surface area contributed by atoms with E-state index in [1.165, 1.54) is 19.3 Å². The summed E-state index contributed by atoms with van der Waals surface area (Å²) in [7, 11) is 2.96. The summed E-state index contributed by atoms with van der Waals surface area (Å²) in [5.74, 6) is 1.16. The summed E-state index contributed by atoms with van der Waals surface area (Å²) in [6.07, 6.45) is 4.96. The highest BCUT2D eigenvalue weighted by Gasteiger charge is 2.31. The molecule has 1 heterocycles. The molecule has 1 amide bonds. The fourth-order valence-corrected chi connectivity index (χ4v) is 3.52. The highest BCUT2D eigenvalue weighted by atomic mass is 19.3. The largest absolute Gasteiger partial charge is 0.493 e. The van der Waals surface area contributed by atoms with Gasteiger partial charge in [0.05, 0.1) is 14.2 Å². The molecule has 0 saturated heterocycles. The Balaban J connectivity index is 1.50. The molecule has 0 radical (unpaired) electrons. The zero-order valence-corrected chi connectivity index (χ0v) is 17.7. The number of amides is 1. The Morgan fingerprint density at radius 3 is 2.59 bits per heavy atom. The van der Waals surface area contributed by atoms with Crippen molar-refractivity contribution in [1.82, 2.24) is 4.90 Å². The predicted molar refractivity (Wildman–Crippen MR) is 115 cm³/mol. The molecule has 3 aromatic rings. The number of hydrogen-bond donors (Lipinski definition) is 0. The maximum absolute atomic E-state index is 12.9. The fourth-order valence-electron chi connectivity index (χ4n) is 3.52. The van der Waals surface area contributed by atoms with Gasteiger partial charge >= 0.3 is 6.61 Å². The number of alkyl halides is 2. The van der Waals surface area contributed by atoms with Crippen LogP contribution in [-0.4, -0.2) is 37.7 Å². The standard InChI is InChI=1S/C24H23F2NO5/c1-29-20-5-3-4-16-13-18(31-23(16)20)9-11-22(28)27(17-7-8-17)14-15-6-10-19(32-24(25)26)21(12-15)30-2/h3-6,9-13,17,24H,7-8,14H2,1-2H3/b11-9+. The lowest BCUT2D eigenvalue weighted by molar-refractivity contribution is -0.127. The van der Waals surface area contributed by atoms with E-state index in [1.54, 1.807) is 30.2 Å². The van der Waals surface area contributed by atoms with Gasteiger partial charge in [0.15, 0.2) is 22.8 Å². The van der Waals surface area contributed by atoms with Crippen LogP contribution in [0.25, 0.3) is 17.0 Å². The summed E-state index contributed by atoms with van der Waals surface area (Å²) in [6, 6.07) is 12.3. The van der Waals surface area contributed by atoms with E-state index < -0.39 is 6.61 Å². The van der Waals surface area contributed by atoms with E-state index >= 15 is 0 Å². The first-order valence-electron chi connectivity index (χ1n) is 10.2. The molecule has 1 aliphatic rings. The van der Waals surface area contributed by atoms with Crippen LogP contribution in [0.5, 0.6) is 17.2 Å². The molecule has 1 aromatic heterocycles. The molecule has 1 aliphatic carbocycles. The number of carbonyl (C=O) groups excluding carboxylic acids is 1. The lowest BCUT2D eigenvalue weighted by Crippen LogP contribution is -2.31. The smallest absolute Gasteiger partial charge is 0.387 e. The quantitative estimate of drug-likeness (QED) is 0.423. The third-order valence-corrected chi connectivity index (χ3v) is 5.20. The second-order valence-electron chi connectivity index (χ2n) is 7.42. The Labute approximate surface area is 184 Å². The average Bonchev–Trinajstić information content (AvgIpc) is 3.53. The van der Waals surface area contributed by atoms with E-state index in [2.05, 4.69) is 4.74 Å². The number of furan rings is 1. The van der Waals surface area contributed by atoms with Gasteiger partial charge in [-0.25, -0.2) is 0 Å². The van der Waals surface area contributed by atoms with E-state index in [9.17, 15) is 13.6 Å². The Kier molecular flexibility index (Phi) is 6.30. The van der Waals surface area contributed by atoms with Gasteiger partial charge < -0.3 is 23.5 Å². The van der Waals surface area contributed by atoms with E-state index in [0.717, 1.165) is 23.8 Å².